The van der Waals surface area contributed by atoms with Crippen LogP contribution < -0.4 is 4.90 Å². The van der Waals surface area contributed by atoms with Crippen LogP contribution in [0.4, 0.5) is 5.69 Å². The number of carbonyl (C=O) groups excluding carboxylic acids is 1. The number of amides is 1. The number of hydrogen-bond donors (Lipinski definition) is 0. The summed E-state index contributed by atoms with van der Waals surface area (Å²) in [6.07, 6.45) is 0.875. The lowest BCUT2D eigenvalue weighted by Gasteiger charge is -2.25. The Kier molecular flexibility index (Phi) is 5.15. The molecule has 1 aromatic carbocycles. The quantitative estimate of drug-likeness (QED) is 0.787. The van der Waals surface area contributed by atoms with Crippen molar-refractivity contribution in [2.24, 2.45) is 0 Å². The summed E-state index contributed by atoms with van der Waals surface area (Å²) < 4.78 is 0. The summed E-state index contributed by atoms with van der Waals surface area (Å²) in [6, 6.07) is 6.09. The second-order valence-corrected chi connectivity index (χ2v) is 5.52. The van der Waals surface area contributed by atoms with E-state index in [1.165, 1.54) is 11.3 Å². The summed E-state index contributed by atoms with van der Waals surface area (Å²) in [7, 11) is 0. The molecule has 0 aliphatic rings. The Morgan fingerprint density at radius 2 is 2.25 bits per heavy atom. The number of hydrogen-bond acceptors (Lipinski definition) is 3. The number of halogens is 1. The highest BCUT2D eigenvalue weighted by Gasteiger charge is 2.20. The van der Waals surface area contributed by atoms with Crippen LogP contribution in [-0.4, -0.2) is 16.8 Å². The molecule has 5 heteroatoms. The normalized spacial score (nSPS) is 10.6. The predicted molar refractivity (Wildman–Crippen MR) is 84.6 cm³/mol. The van der Waals surface area contributed by atoms with Crippen molar-refractivity contribution in [1.82, 2.24) is 4.98 Å². The lowest BCUT2D eigenvalue weighted by atomic mass is 10.0. The molecule has 1 heterocycles. The summed E-state index contributed by atoms with van der Waals surface area (Å²) in [4.78, 5) is 18.2. The van der Waals surface area contributed by atoms with Crippen LogP contribution in [-0.2, 0) is 17.8 Å². The fraction of sp³-hybridized carbons (Fsp3) is 0.333. The molecule has 2 aromatic rings. The van der Waals surface area contributed by atoms with E-state index in [0.717, 1.165) is 28.9 Å². The summed E-state index contributed by atoms with van der Waals surface area (Å²) in [5.41, 5.74) is 5.86. The highest BCUT2D eigenvalue weighted by molar-refractivity contribution is 7.07. The molecule has 0 radical (unpaired) electrons. The smallest absolute Gasteiger partial charge is 0.242 e. The van der Waals surface area contributed by atoms with Gasteiger partial charge in [0.1, 0.15) is 5.88 Å². The highest BCUT2D eigenvalue weighted by atomic mass is 35.5. The Morgan fingerprint density at radius 3 is 2.85 bits per heavy atom. The molecule has 3 nitrogen and oxygen atoms in total. The van der Waals surface area contributed by atoms with Gasteiger partial charge in [0, 0.05) is 5.38 Å². The Labute approximate surface area is 128 Å². The minimum Gasteiger partial charge on any atom is -0.305 e. The zero-order valence-electron chi connectivity index (χ0n) is 11.6. The number of rotatable bonds is 5. The maximum Gasteiger partial charge on any atom is 0.242 e. The van der Waals surface area contributed by atoms with Gasteiger partial charge in [0.15, 0.2) is 0 Å². The summed E-state index contributed by atoms with van der Waals surface area (Å²) in [5, 5.41) is 1.96. The predicted octanol–water partition coefficient (Wildman–Crippen LogP) is 3.79. The number of aromatic nitrogens is 1. The number of anilines is 1. The van der Waals surface area contributed by atoms with Gasteiger partial charge in [0.25, 0.3) is 0 Å². The zero-order chi connectivity index (χ0) is 14.5. The van der Waals surface area contributed by atoms with Crippen molar-refractivity contribution >= 4 is 34.5 Å². The maximum absolute atomic E-state index is 12.2. The third-order valence-corrected chi connectivity index (χ3v) is 4.06. The van der Waals surface area contributed by atoms with Gasteiger partial charge in [-0.15, -0.1) is 22.9 Å². The van der Waals surface area contributed by atoms with Crippen molar-refractivity contribution < 1.29 is 4.79 Å². The van der Waals surface area contributed by atoms with Crippen molar-refractivity contribution in [3.05, 3.63) is 45.9 Å². The number of aryl methyl sites for hydroxylation is 2. The lowest BCUT2D eigenvalue weighted by molar-refractivity contribution is -0.116. The van der Waals surface area contributed by atoms with Gasteiger partial charge in [0.2, 0.25) is 5.91 Å². The van der Waals surface area contributed by atoms with Gasteiger partial charge in [-0.05, 0) is 24.5 Å². The molecule has 1 amide bonds. The maximum atomic E-state index is 12.2. The second-order valence-electron chi connectivity index (χ2n) is 4.53. The van der Waals surface area contributed by atoms with E-state index in [2.05, 4.69) is 18.0 Å². The van der Waals surface area contributed by atoms with Gasteiger partial charge in [-0.2, -0.15) is 0 Å². The zero-order valence-corrected chi connectivity index (χ0v) is 13.2. The molecule has 106 valence electrons. The number of nitrogens with zero attached hydrogens (tertiary/aromatic N) is 2. The third kappa shape index (κ3) is 3.19. The number of alkyl halides is 1. The molecule has 0 unspecified atom stereocenters. The van der Waals surface area contributed by atoms with E-state index in [1.54, 1.807) is 10.4 Å². The van der Waals surface area contributed by atoms with Crippen molar-refractivity contribution in [2.75, 3.05) is 10.8 Å². The number of thiazole rings is 1. The number of para-hydroxylation sites is 1. The lowest BCUT2D eigenvalue weighted by Crippen LogP contribution is -2.33. The standard InChI is InChI=1S/C15H17ClN2OS/c1-3-12-6-4-5-11(2)15(12)18(14(19)7-16)8-13-9-20-10-17-13/h4-6,9-10H,3,7-8H2,1-2H3. The minimum atomic E-state index is -0.0938. The first-order valence-electron chi connectivity index (χ1n) is 6.49. The fourth-order valence-electron chi connectivity index (χ4n) is 2.23. The SMILES string of the molecule is CCc1cccc(C)c1N(Cc1cscn1)C(=O)CCl. The fourth-order valence-corrected chi connectivity index (χ4v) is 2.93. The highest BCUT2D eigenvalue weighted by Crippen LogP contribution is 2.27. The van der Waals surface area contributed by atoms with Gasteiger partial charge in [0.05, 0.1) is 23.4 Å². The largest absolute Gasteiger partial charge is 0.305 e. The third-order valence-electron chi connectivity index (χ3n) is 3.19. The van der Waals surface area contributed by atoms with Gasteiger partial charge >= 0.3 is 0 Å². The topological polar surface area (TPSA) is 33.2 Å². The van der Waals surface area contributed by atoms with Crippen molar-refractivity contribution in [1.29, 1.82) is 0 Å². The molecule has 0 saturated carbocycles. The average Bonchev–Trinajstić information content (AvgIpc) is 2.97. The van der Waals surface area contributed by atoms with Crippen LogP contribution in [0.15, 0.2) is 29.1 Å². The second kappa shape index (κ2) is 6.86. The molecule has 0 fully saturated rings. The van der Waals surface area contributed by atoms with Gasteiger partial charge in [-0.25, -0.2) is 4.98 Å². The van der Waals surface area contributed by atoms with E-state index in [9.17, 15) is 4.79 Å². The van der Waals surface area contributed by atoms with Crippen LogP contribution in [0.25, 0.3) is 0 Å². The van der Waals surface area contributed by atoms with Crippen LogP contribution in [0.1, 0.15) is 23.7 Å². The molecule has 0 aliphatic heterocycles. The van der Waals surface area contributed by atoms with E-state index < -0.39 is 0 Å². The van der Waals surface area contributed by atoms with Crippen LogP contribution >= 0.6 is 22.9 Å². The Balaban J connectivity index is 2.43. The Morgan fingerprint density at radius 1 is 1.45 bits per heavy atom. The van der Waals surface area contributed by atoms with Crippen LogP contribution in [0.3, 0.4) is 0 Å². The first kappa shape index (κ1) is 15.0. The Bertz CT molecular complexity index is 584. The van der Waals surface area contributed by atoms with Crippen molar-refractivity contribution in [2.45, 2.75) is 26.8 Å². The molecule has 0 saturated heterocycles. The molecule has 0 atom stereocenters. The number of carbonyl (C=O) groups is 1. The van der Waals surface area contributed by atoms with Gasteiger partial charge in [-0.1, -0.05) is 25.1 Å². The molecule has 0 aliphatic carbocycles. The molecule has 2 rings (SSSR count). The van der Waals surface area contributed by atoms with Gasteiger partial charge < -0.3 is 4.90 Å². The number of benzene rings is 1. The van der Waals surface area contributed by atoms with Crippen LogP contribution in [0.5, 0.6) is 0 Å². The molecule has 0 spiro atoms. The summed E-state index contributed by atoms with van der Waals surface area (Å²) in [5.74, 6) is -0.120. The monoisotopic (exact) mass is 308 g/mol. The minimum absolute atomic E-state index is 0.0262. The van der Waals surface area contributed by atoms with Crippen LogP contribution in [0.2, 0.25) is 0 Å². The molecule has 20 heavy (non-hydrogen) atoms. The molecular formula is C15H17ClN2OS. The first-order chi connectivity index (χ1) is 9.67. The average molecular weight is 309 g/mol. The molecule has 0 N–H and O–H groups in total. The molecule has 0 bridgehead atoms. The van der Waals surface area contributed by atoms with Crippen LogP contribution in [0, 0.1) is 6.92 Å². The molecule has 1 aromatic heterocycles. The summed E-state index contributed by atoms with van der Waals surface area (Å²) in [6.45, 7) is 4.57. The van der Waals surface area contributed by atoms with Gasteiger partial charge in [-0.3, -0.25) is 4.79 Å². The van der Waals surface area contributed by atoms with E-state index in [0.29, 0.717) is 6.54 Å². The Hall–Kier alpha value is -1.39. The molecular weight excluding hydrogens is 292 g/mol. The first-order valence-corrected chi connectivity index (χ1v) is 7.97. The van der Waals surface area contributed by atoms with E-state index in [4.69, 9.17) is 11.6 Å². The van der Waals surface area contributed by atoms with Crippen molar-refractivity contribution in [3.63, 3.8) is 0 Å². The van der Waals surface area contributed by atoms with E-state index >= 15 is 0 Å². The van der Waals surface area contributed by atoms with E-state index in [1.807, 2.05) is 24.4 Å². The van der Waals surface area contributed by atoms with E-state index in [-0.39, 0.29) is 11.8 Å². The summed E-state index contributed by atoms with van der Waals surface area (Å²) >= 11 is 7.30. The van der Waals surface area contributed by atoms with Crippen molar-refractivity contribution in [3.8, 4) is 0 Å².